The summed E-state index contributed by atoms with van der Waals surface area (Å²) >= 11 is 0. The number of benzene rings is 1. The van der Waals surface area contributed by atoms with Crippen LogP contribution >= 0.6 is 0 Å². The Balaban J connectivity index is 1.72. The Hall–Kier alpha value is -2.30. The maximum atomic E-state index is 12.3. The zero-order valence-corrected chi connectivity index (χ0v) is 11.9. The number of nitrogens with one attached hydrogen (secondary N) is 2. The van der Waals surface area contributed by atoms with Gasteiger partial charge < -0.3 is 15.0 Å². The van der Waals surface area contributed by atoms with Gasteiger partial charge in [0.1, 0.15) is 0 Å². The fraction of sp³-hybridized carbons (Fsp3) is 0.375. The van der Waals surface area contributed by atoms with E-state index in [1.165, 1.54) is 7.11 Å². The highest BCUT2D eigenvalue weighted by molar-refractivity contribution is 5.98. The maximum Gasteiger partial charge on any atom is 0.307 e. The van der Waals surface area contributed by atoms with Gasteiger partial charge in [-0.1, -0.05) is 6.07 Å². The van der Waals surface area contributed by atoms with Gasteiger partial charge in [0.25, 0.3) is 5.91 Å². The summed E-state index contributed by atoms with van der Waals surface area (Å²) in [7, 11) is 1.37. The second-order valence-electron chi connectivity index (χ2n) is 5.48. The van der Waals surface area contributed by atoms with E-state index >= 15 is 0 Å². The molecule has 2 N–H and O–H groups in total. The van der Waals surface area contributed by atoms with E-state index in [0.29, 0.717) is 11.5 Å². The molecule has 1 atom stereocenters. The van der Waals surface area contributed by atoms with E-state index in [2.05, 4.69) is 10.3 Å². The Morgan fingerprint density at radius 2 is 2.19 bits per heavy atom. The predicted octanol–water partition coefficient (Wildman–Crippen LogP) is 2.24. The number of ether oxygens (including phenoxy) is 1. The molecule has 0 aliphatic heterocycles. The van der Waals surface area contributed by atoms with Gasteiger partial charge in [0.15, 0.2) is 0 Å². The lowest BCUT2D eigenvalue weighted by Crippen LogP contribution is -2.38. The van der Waals surface area contributed by atoms with Crippen molar-refractivity contribution >= 4 is 22.8 Å². The summed E-state index contributed by atoms with van der Waals surface area (Å²) < 4.78 is 4.70. The Morgan fingerprint density at radius 1 is 1.38 bits per heavy atom. The van der Waals surface area contributed by atoms with Crippen LogP contribution in [0.5, 0.6) is 0 Å². The van der Waals surface area contributed by atoms with Crippen LogP contribution in [-0.2, 0) is 9.53 Å². The SMILES string of the molecule is COC(=O)C[C@H](NC(=O)c1ccc2cc[nH]c2c1)C1CC1. The van der Waals surface area contributed by atoms with Crippen molar-refractivity contribution < 1.29 is 14.3 Å². The second kappa shape index (κ2) is 5.60. The van der Waals surface area contributed by atoms with E-state index in [1.807, 2.05) is 24.4 Å². The van der Waals surface area contributed by atoms with Crippen LogP contribution in [0.3, 0.4) is 0 Å². The number of carbonyl (C=O) groups excluding carboxylic acids is 2. The first-order valence-corrected chi connectivity index (χ1v) is 7.12. The second-order valence-corrected chi connectivity index (χ2v) is 5.48. The minimum atomic E-state index is -0.285. The van der Waals surface area contributed by atoms with Crippen molar-refractivity contribution in [1.82, 2.24) is 10.3 Å². The fourth-order valence-electron chi connectivity index (χ4n) is 2.54. The van der Waals surface area contributed by atoms with E-state index in [0.717, 1.165) is 23.7 Å². The molecule has 0 saturated heterocycles. The van der Waals surface area contributed by atoms with Crippen LogP contribution in [0, 0.1) is 5.92 Å². The monoisotopic (exact) mass is 286 g/mol. The van der Waals surface area contributed by atoms with Crippen molar-refractivity contribution in [2.24, 2.45) is 5.92 Å². The average Bonchev–Trinajstić information content (AvgIpc) is 3.23. The first-order chi connectivity index (χ1) is 10.2. The van der Waals surface area contributed by atoms with E-state index in [4.69, 9.17) is 4.74 Å². The lowest BCUT2D eigenvalue weighted by Gasteiger charge is -2.17. The quantitative estimate of drug-likeness (QED) is 0.828. The highest BCUT2D eigenvalue weighted by Gasteiger charge is 2.34. The number of carbonyl (C=O) groups is 2. The van der Waals surface area contributed by atoms with Gasteiger partial charge in [0, 0.05) is 23.3 Å². The zero-order chi connectivity index (χ0) is 14.8. The highest BCUT2D eigenvalue weighted by Crippen LogP contribution is 2.34. The molecular weight excluding hydrogens is 268 g/mol. The summed E-state index contributed by atoms with van der Waals surface area (Å²) in [6.07, 6.45) is 4.18. The maximum absolute atomic E-state index is 12.3. The van der Waals surface area contributed by atoms with Crippen LogP contribution in [0.1, 0.15) is 29.6 Å². The van der Waals surface area contributed by atoms with Crippen LogP contribution in [0.25, 0.3) is 10.9 Å². The molecule has 3 rings (SSSR count). The number of H-pyrrole nitrogens is 1. The van der Waals surface area contributed by atoms with Crippen LogP contribution in [-0.4, -0.2) is 30.0 Å². The van der Waals surface area contributed by atoms with Crippen molar-refractivity contribution in [2.75, 3.05) is 7.11 Å². The van der Waals surface area contributed by atoms with Gasteiger partial charge in [-0.2, -0.15) is 0 Å². The number of aromatic nitrogens is 1. The average molecular weight is 286 g/mol. The van der Waals surface area contributed by atoms with Crippen LogP contribution in [0.2, 0.25) is 0 Å². The molecule has 1 fully saturated rings. The van der Waals surface area contributed by atoms with E-state index in [1.54, 1.807) is 6.07 Å². The Kier molecular flexibility index (Phi) is 3.64. The van der Waals surface area contributed by atoms with E-state index in [-0.39, 0.29) is 24.3 Å². The van der Waals surface area contributed by atoms with Gasteiger partial charge in [-0.15, -0.1) is 0 Å². The molecule has 1 heterocycles. The normalized spacial score (nSPS) is 15.7. The number of fused-ring (bicyclic) bond motifs is 1. The number of rotatable bonds is 5. The molecule has 1 aliphatic carbocycles. The molecule has 5 nitrogen and oxygen atoms in total. The third-order valence-electron chi connectivity index (χ3n) is 3.94. The number of aromatic amines is 1. The molecular formula is C16H18N2O3. The molecule has 2 aromatic rings. The summed E-state index contributed by atoms with van der Waals surface area (Å²) in [6.45, 7) is 0. The molecule has 110 valence electrons. The number of methoxy groups -OCH3 is 1. The first kappa shape index (κ1) is 13.7. The summed E-state index contributed by atoms with van der Waals surface area (Å²) in [5, 5.41) is 4.03. The van der Waals surface area contributed by atoms with E-state index < -0.39 is 0 Å². The topological polar surface area (TPSA) is 71.2 Å². The first-order valence-electron chi connectivity index (χ1n) is 7.12. The Morgan fingerprint density at radius 3 is 2.90 bits per heavy atom. The molecule has 1 aromatic heterocycles. The van der Waals surface area contributed by atoms with Gasteiger partial charge in [0.05, 0.1) is 13.5 Å². The van der Waals surface area contributed by atoms with Crippen molar-refractivity contribution in [2.45, 2.75) is 25.3 Å². The minimum Gasteiger partial charge on any atom is -0.469 e. The van der Waals surface area contributed by atoms with Gasteiger partial charge in [-0.25, -0.2) is 0 Å². The lowest BCUT2D eigenvalue weighted by molar-refractivity contribution is -0.141. The molecule has 1 aromatic carbocycles. The smallest absolute Gasteiger partial charge is 0.307 e. The standard InChI is InChI=1S/C16H18N2O3/c1-21-15(19)9-14(10-2-3-10)18-16(20)12-5-4-11-6-7-17-13(11)8-12/h4-8,10,14,17H,2-3,9H2,1H3,(H,18,20)/t14-/m0/s1. The number of amides is 1. The number of hydrogen-bond donors (Lipinski definition) is 2. The summed E-state index contributed by atoms with van der Waals surface area (Å²) in [4.78, 5) is 26.9. The molecule has 0 bridgehead atoms. The molecule has 1 saturated carbocycles. The summed E-state index contributed by atoms with van der Waals surface area (Å²) in [5.74, 6) is -0.0402. The molecule has 5 heteroatoms. The number of esters is 1. The molecule has 1 amide bonds. The largest absolute Gasteiger partial charge is 0.469 e. The van der Waals surface area contributed by atoms with Gasteiger partial charge in [0.2, 0.25) is 0 Å². The van der Waals surface area contributed by atoms with Crippen molar-refractivity contribution in [1.29, 1.82) is 0 Å². The predicted molar refractivity (Wildman–Crippen MR) is 78.9 cm³/mol. The molecule has 0 spiro atoms. The summed E-state index contributed by atoms with van der Waals surface area (Å²) in [6, 6.07) is 7.36. The van der Waals surface area contributed by atoms with Gasteiger partial charge in [-0.05, 0) is 42.3 Å². The zero-order valence-electron chi connectivity index (χ0n) is 11.9. The third kappa shape index (κ3) is 3.07. The molecule has 0 radical (unpaired) electrons. The van der Waals surface area contributed by atoms with Crippen LogP contribution in [0.15, 0.2) is 30.5 Å². The summed E-state index contributed by atoms with van der Waals surface area (Å²) in [5.41, 5.74) is 1.53. The van der Waals surface area contributed by atoms with Crippen molar-refractivity contribution in [3.05, 3.63) is 36.0 Å². The Bertz CT molecular complexity index is 673. The van der Waals surface area contributed by atoms with Gasteiger partial charge in [-0.3, -0.25) is 9.59 Å². The third-order valence-corrected chi connectivity index (χ3v) is 3.94. The van der Waals surface area contributed by atoms with Crippen LogP contribution < -0.4 is 5.32 Å². The van der Waals surface area contributed by atoms with E-state index in [9.17, 15) is 9.59 Å². The highest BCUT2D eigenvalue weighted by atomic mass is 16.5. The molecule has 21 heavy (non-hydrogen) atoms. The van der Waals surface area contributed by atoms with Crippen LogP contribution in [0.4, 0.5) is 0 Å². The molecule has 1 aliphatic rings. The minimum absolute atomic E-state index is 0.135. The lowest BCUT2D eigenvalue weighted by atomic mass is 10.1. The number of hydrogen-bond acceptors (Lipinski definition) is 3. The Labute approximate surface area is 122 Å². The van der Waals surface area contributed by atoms with Crippen molar-refractivity contribution in [3.63, 3.8) is 0 Å². The molecule has 0 unspecified atom stereocenters. The fourth-order valence-corrected chi connectivity index (χ4v) is 2.54. The van der Waals surface area contributed by atoms with Gasteiger partial charge >= 0.3 is 5.97 Å². The van der Waals surface area contributed by atoms with Crippen molar-refractivity contribution in [3.8, 4) is 0 Å².